The molecule has 0 spiro atoms. The molecule has 0 aliphatic carbocycles. The molecule has 2 N–H and O–H groups in total. The minimum Gasteiger partial charge on any atom is -0.496 e. The molecule has 0 saturated carbocycles. The molecule has 2 heterocycles. The molecule has 0 radical (unpaired) electrons. The molecular weight excluding hydrogens is 334 g/mol. The van der Waals surface area contributed by atoms with Gasteiger partial charge in [0.15, 0.2) is 5.96 Å². The topological polar surface area (TPSA) is 71.4 Å². The lowest BCUT2D eigenvalue weighted by atomic mass is 10.1. The number of nitrogens with zero attached hydrogens (tertiary/aromatic N) is 3. The van der Waals surface area contributed by atoms with Crippen molar-refractivity contribution in [1.82, 2.24) is 20.6 Å². The standard InChI is InChI=1S/C18H27N5OS/c1-7-19-18(22-10-16-13(4)23-14(5)25-16)21-9-15-12(3)17(24-6)11(2)8-20-15/h8H,7,9-10H2,1-6H3,(H2,19,21,22). The summed E-state index contributed by atoms with van der Waals surface area (Å²) in [4.78, 5) is 14.9. The summed E-state index contributed by atoms with van der Waals surface area (Å²) < 4.78 is 5.47. The van der Waals surface area contributed by atoms with E-state index in [0.29, 0.717) is 13.1 Å². The van der Waals surface area contributed by atoms with Gasteiger partial charge in [-0.3, -0.25) is 4.98 Å². The maximum atomic E-state index is 5.47. The van der Waals surface area contributed by atoms with Crippen LogP contribution in [0.1, 0.15) is 39.3 Å². The highest BCUT2D eigenvalue weighted by molar-refractivity contribution is 7.11. The number of hydrogen-bond donors (Lipinski definition) is 2. The van der Waals surface area contributed by atoms with Crippen molar-refractivity contribution >= 4 is 17.3 Å². The SMILES string of the molecule is CCNC(=NCc1ncc(C)c(OC)c1C)NCc1sc(C)nc1C. The van der Waals surface area contributed by atoms with Gasteiger partial charge in [0.05, 0.1) is 36.6 Å². The van der Waals surface area contributed by atoms with Crippen LogP contribution in [0, 0.1) is 27.7 Å². The lowest BCUT2D eigenvalue weighted by molar-refractivity contribution is 0.407. The molecule has 0 unspecified atom stereocenters. The quantitative estimate of drug-likeness (QED) is 0.611. The molecule has 25 heavy (non-hydrogen) atoms. The molecule has 0 bridgehead atoms. The monoisotopic (exact) mass is 361 g/mol. The summed E-state index contributed by atoms with van der Waals surface area (Å²) >= 11 is 1.71. The van der Waals surface area contributed by atoms with Gasteiger partial charge < -0.3 is 15.4 Å². The van der Waals surface area contributed by atoms with Crippen molar-refractivity contribution < 1.29 is 4.74 Å². The number of guanidine groups is 1. The maximum Gasteiger partial charge on any atom is 0.191 e. The molecule has 2 aromatic rings. The minimum atomic E-state index is 0.499. The van der Waals surface area contributed by atoms with Gasteiger partial charge in [0, 0.05) is 28.7 Å². The number of methoxy groups -OCH3 is 1. The Bertz CT molecular complexity index is 754. The number of thiazole rings is 1. The van der Waals surface area contributed by atoms with Gasteiger partial charge >= 0.3 is 0 Å². The number of nitrogens with one attached hydrogen (secondary N) is 2. The highest BCUT2D eigenvalue weighted by Crippen LogP contribution is 2.24. The Morgan fingerprint density at radius 2 is 2.00 bits per heavy atom. The van der Waals surface area contributed by atoms with E-state index in [9.17, 15) is 0 Å². The molecule has 7 heteroatoms. The molecule has 2 aromatic heterocycles. The number of pyridine rings is 1. The van der Waals surface area contributed by atoms with E-state index in [1.165, 1.54) is 4.88 Å². The summed E-state index contributed by atoms with van der Waals surface area (Å²) in [7, 11) is 1.69. The summed E-state index contributed by atoms with van der Waals surface area (Å²) in [5.74, 6) is 1.66. The fraction of sp³-hybridized carbons (Fsp3) is 0.500. The zero-order valence-corrected chi connectivity index (χ0v) is 16.7. The van der Waals surface area contributed by atoms with Crippen LogP contribution in [0.15, 0.2) is 11.2 Å². The molecule has 0 aromatic carbocycles. The van der Waals surface area contributed by atoms with Crippen LogP contribution in [0.2, 0.25) is 0 Å². The summed E-state index contributed by atoms with van der Waals surface area (Å²) in [6.07, 6.45) is 1.83. The van der Waals surface area contributed by atoms with E-state index in [2.05, 4.69) is 32.5 Å². The molecule has 0 saturated heterocycles. The first kappa shape index (κ1) is 19.2. The van der Waals surface area contributed by atoms with Crippen LogP contribution in [0.4, 0.5) is 0 Å². The summed E-state index contributed by atoms with van der Waals surface area (Å²) in [6, 6.07) is 0. The summed E-state index contributed by atoms with van der Waals surface area (Å²) in [6.45, 7) is 12.2. The Morgan fingerprint density at radius 3 is 2.60 bits per heavy atom. The fourth-order valence-corrected chi connectivity index (χ4v) is 3.50. The largest absolute Gasteiger partial charge is 0.496 e. The number of rotatable bonds is 6. The maximum absolute atomic E-state index is 5.47. The second kappa shape index (κ2) is 8.80. The van der Waals surface area contributed by atoms with E-state index in [-0.39, 0.29) is 0 Å². The average molecular weight is 362 g/mol. The Balaban J connectivity index is 2.10. The van der Waals surface area contributed by atoms with Crippen LogP contribution >= 0.6 is 11.3 Å². The third-order valence-electron chi connectivity index (χ3n) is 3.90. The molecule has 0 atom stereocenters. The zero-order chi connectivity index (χ0) is 18.4. The molecule has 136 valence electrons. The van der Waals surface area contributed by atoms with Crippen molar-refractivity contribution in [3.63, 3.8) is 0 Å². The van der Waals surface area contributed by atoms with Gasteiger partial charge in [-0.2, -0.15) is 0 Å². The molecule has 0 aliphatic rings. The number of hydrogen-bond acceptors (Lipinski definition) is 5. The Kier molecular flexibility index (Phi) is 6.75. The summed E-state index contributed by atoms with van der Waals surface area (Å²) in [5.41, 5.74) is 4.07. The lowest BCUT2D eigenvalue weighted by Gasteiger charge is -2.13. The molecule has 0 amide bonds. The Labute approximate surface area is 153 Å². The van der Waals surface area contributed by atoms with E-state index >= 15 is 0 Å². The Morgan fingerprint density at radius 1 is 1.24 bits per heavy atom. The van der Waals surface area contributed by atoms with E-state index in [1.54, 1.807) is 18.4 Å². The number of aryl methyl sites for hydroxylation is 3. The smallest absolute Gasteiger partial charge is 0.191 e. The molecule has 0 fully saturated rings. The lowest BCUT2D eigenvalue weighted by Crippen LogP contribution is -2.36. The second-order valence-corrected chi connectivity index (χ2v) is 7.12. The number of ether oxygens (including phenoxy) is 1. The summed E-state index contributed by atoms with van der Waals surface area (Å²) in [5, 5.41) is 7.73. The zero-order valence-electron chi connectivity index (χ0n) is 15.9. The van der Waals surface area contributed by atoms with Crippen molar-refractivity contribution in [1.29, 1.82) is 0 Å². The predicted octanol–water partition coefficient (Wildman–Crippen LogP) is 3.04. The van der Waals surface area contributed by atoms with E-state index in [1.807, 2.05) is 33.9 Å². The van der Waals surface area contributed by atoms with Crippen molar-refractivity contribution in [3.8, 4) is 5.75 Å². The van der Waals surface area contributed by atoms with Gasteiger partial charge in [-0.25, -0.2) is 9.98 Å². The van der Waals surface area contributed by atoms with Crippen LogP contribution in [0.3, 0.4) is 0 Å². The van der Waals surface area contributed by atoms with Gasteiger partial charge in [0.1, 0.15) is 5.75 Å². The highest BCUT2D eigenvalue weighted by Gasteiger charge is 2.10. The van der Waals surface area contributed by atoms with Gasteiger partial charge in [0.25, 0.3) is 0 Å². The Hall–Kier alpha value is -2.15. The third kappa shape index (κ3) is 4.92. The molecule has 0 aliphatic heterocycles. The van der Waals surface area contributed by atoms with Crippen LogP contribution in [-0.4, -0.2) is 29.6 Å². The first-order chi connectivity index (χ1) is 12.0. The van der Waals surface area contributed by atoms with Gasteiger partial charge in [0.2, 0.25) is 0 Å². The predicted molar refractivity (Wildman–Crippen MR) is 104 cm³/mol. The van der Waals surface area contributed by atoms with Crippen molar-refractivity contribution in [3.05, 3.63) is 38.6 Å². The first-order valence-electron chi connectivity index (χ1n) is 8.40. The van der Waals surface area contributed by atoms with Gasteiger partial charge in [-0.05, 0) is 34.6 Å². The van der Waals surface area contributed by atoms with Crippen LogP contribution in [-0.2, 0) is 13.1 Å². The highest BCUT2D eigenvalue weighted by atomic mass is 32.1. The van der Waals surface area contributed by atoms with Gasteiger partial charge in [-0.1, -0.05) is 0 Å². The normalized spacial score (nSPS) is 11.5. The second-order valence-electron chi connectivity index (χ2n) is 5.84. The molecular formula is C18H27N5OS. The van der Waals surface area contributed by atoms with E-state index in [4.69, 9.17) is 4.74 Å². The van der Waals surface area contributed by atoms with Gasteiger partial charge in [-0.15, -0.1) is 11.3 Å². The van der Waals surface area contributed by atoms with Crippen molar-refractivity contribution in [2.45, 2.75) is 47.7 Å². The molecule has 6 nitrogen and oxygen atoms in total. The first-order valence-corrected chi connectivity index (χ1v) is 9.22. The van der Waals surface area contributed by atoms with E-state index < -0.39 is 0 Å². The number of aliphatic imine (C=N–C) groups is 1. The van der Waals surface area contributed by atoms with E-state index in [0.717, 1.165) is 45.8 Å². The third-order valence-corrected chi connectivity index (χ3v) is 4.97. The fourth-order valence-electron chi connectivity index (χ4n) is 2.63. The van der Waals surface area contributed by atoms with Crippen LogP contribution < -0.4 is 15.4 Å². The van der Waals surface area contributed by atoms with Crippen molar-refractivity contribution in [2.24, 2.45) is 4.99 Å². The minimum absolute atomic E-state index is 0.499. The number of aromatic nitrogens is 2. The van der Waals surface area contributed by atoms with Crippen molar-refractivity contribution in [2.75, 3.05) is 13.7 Å². The van der Waals surface area contributed by atoms with Crippen LogP contribution in [0.25, 0.3) is 0 Å². The van der Waals surface area contributed by atoms with Crippen LogP contribution in [0.5, 0.6) is 5.75 Å². The average Bonchev–Trinajstić information content (AvgIpc) is 2.89. The molecule has 2 rings (SSSR count).